The number of hydrogen-bond acceptors (Lipinski definition) is 3. The predicted octanol–water partition coefficient (Wildman–Crippen LogP) is 0.148. The van der Waals surface area contributed by atoms with Crippen LogP contribution < -0.4 is 5.32 Å². The van der Waals surface area contributed by atoms with E-state index in [1.54, 1.807) is 25.9 Å². The number of unbranched alkanes of at least 4 members (excludes halogenated alkanes) is 1. The first kappa shape index (κ1) is 13.0. The molecule has 1 aliphatic rings. The zero-order chi connectivity index (χ0) is 12.1. The Morgan fingerprint density at radius 3 is 2.62 bits per heavy atom. The molecule has 0 radical (unpaired) electrons. The third kappa shape index (κ3) is 2.95. The van der Waals surface area contributed by atoms with Gasteiger partial charge in [0.2, 0.25) is 11.8 Å². The Bertz CT molecular complexity index is 268. The minimum absolute atomic E-state index is 0.00418. The maximum absolute atomic E-state index is 11.8. The average Bonchev–Trinajstić information content (AvgIpc) is 2.25. The van der Waals surface area contributed by atoms with Crippen molar-refractivity contribution >= 4 is 11.8 Å². The van der Waals surface area contributed by atoms with E-state index in [0.29, 0.717) is 13.2 Å². The van der Waals surface area contributed by atoms with Crippen molar-refractivity contribution in [3.63, 3.8) is 0 Å². The van der Waals surface area contributed by atoms with Crippen molar-refractivity contribution in [2.24, 2.45) is 0 Å². The lowest BCUT2D eigenvalue weighted by Crippen LogP contribution is -2.61. The molecule has 5 heteroatoms. The molecular weight excluding hydrogens is 208 g/mol. The molecule has 0 aliphatic carbocycles. The summed E-state index contributed by atoms with van der Waals surface area (Å²) in [5, 5.41) is 2.66. The highest BCUT2D eigenvalue weighted by Crippen LogP contribution is 2.10. The first-order valence-electron chi connectivity index (χ1n) is 5.67. The molecule has 16 heavy (non-hydrogen) atoms. The summed E-state index contributed by atoms with van der Waals surface area (Å²) >= 11 is 0. The highest BCUT2D eigenvalue weighted by Gasteiger charge is 2.34. The number of hydrogen-bond donors (Lipinski definition) is 1. The van der Waals surface area contributed by atoms with Crippen LogP contribution in [0.1, 0.15) is 26.7 Å². The smallest absolute Gasteiger partial charge is 0.245 e. The molecule has 2 amide bonds. The van der Waals surface area contributed by atoms with Crippen molar-refractivity contribution in [3.05, 3.63) is 0 Å². The molecule has 2 atom stereocenters. The molecule has 1 fully saturated rings. The van der Waals surface area contributed by atoms with E-state index in [1.165, 1.54) is 0 Å². The predicted molar refractivity (Wildman–Crippen MR) is 59.9 cm³/mol. The Morgan fingerprint density at radius 1 is 1.31 bits per heavy atom. The number of methoxy groups -OCH3 is 1. The number of amides is 2. The Hall–Kier alpha value is -1.10. The molecule has 0 aromatic rings. The lowest BCUT2D eigenvalue weighted by molar-refractivity contribution is -0.148. The van der Waals surface area contributed by atoms with Crippen molar-refractivity contribution in [1.82, 2.24) is 10.2 Å². The maximum atomic E-state index is 11.8. The standard InChI is InChI=1S/C11H20N2O3/c1-8-11(15)13(6-4-5-7-16-3)9(2)10(14)12-8/h8-9H,4-7H2,1-3H3,(H,12,14). The van der Waals surface area contributed by atoms with Crippen LogP contribution in [0.4, 0.5) is 0 Å². The molecular formula is C11H20N2O3. The normalized spacial score (nSPS) is 25.8. The van der Waals surface area contributed by atoms with Gasteiger partial charge in [-0.1, -0.05) is 0 Å². The molecule has 1 rings (SSSR count). The van der Waals surface area contributed by atoms with Crippen molar-refractivity contribution in [3.8, 4) is 0 Å². The molecule has 92 valence electrons. The van der Waals surface area contributed by atoms with Crippen LogP contribution in [0.3, 0.4) is 0 Å². The molecule has 1 aliphatic heterocycles. The summed E-state index contributed by atoms with van der Waals surface area (Å²) in [6.45, 7) is 4.79. The highest BCUT2D eigenvalue weighted by molar-refractivity contribution is 5.96. The number of nitrogens with zero attached hydrogens (tertiary/aromatic N) is 1. The Balaban J connectivity index is 2.47. The summed E-state index contributed by atoms with van der Waals surface area (Å²) in [6.07, 6.45) is 1.77. The first-order valence-corrected chi connectivity index (χ1v) is 5.67. The van der Waals surface area contributed by atoms with Crippen LogP contribution >= 0.6 is 0 Å². The molecule has 1 N–H and O–H groups in total. The van der Waals surface area contributed by atoms with Gasteiger partial charge in [-0.3, -0.25) is 9.59 Å². The van der Waals surface area contributed by atoms with Gasteiger partial charge in [0, 0.05) is 20.3 Å². The van der Waals surface area contributed by atoms with Gasteiger partial charge in [0.25, 0.3) is 0 Å². The maximum Gasteiger partial charge on any atom is 0.245 e. The van der Waals surface area contributed by atoms with Crippen molar-refractivity contribution in [1.29, 1.82) is 0 Å². The molecule has 5 nitrogen and oxygen atoms in total. The van der Waals surface area contributed by atoms with Gasteiger partial charge in [-0.05, 0) is 26.7 Å². The molecule has 1 heterocycles. The Kier molecular flexibility index (Phi) is 4.73. The lowest BCUT2D eigenvalue weighted by atomic mass is 10.1. The van der Waals surface area contributed by atoms with Crippen LogP contribution in [-0.2, 0) is 14.3 Å². The fourth-order valence-electron chi connectivity index (χ4n) is 1.81. The van der Waals surface area contributed by atoms with Crippen molar-refractivity contribution in [2.45, 2.75) is 38.8 Å². The monoisotopic (exact) mass is 228 g/mol. The van der Waals surface area contributed by atoms with Gasteiger partial charge in [0.1, 0.15) is 12.1 Å². The second kappa shape index (κ2) is 5.84. The largest absolute Gasteiger partial charge is 0.385 e. The van der Waals surface area contributed by atoms with Crippen LogP contribution in [0.15, 0.2) is 0 Å². The minimum Gasteiger partial charge on any atom is -0.385 e. The molecule has 0 aromatic carbocycles. The third-order valence-electron chi connectivity index (χ3n) is 2.86. The number of rotatable bonds is 5. The molecule has 1 saturated heterocycles. The van der Waals surface area contributed by atoms with E-state index in [9.17, 15) is 9.59 Å². The van der Waals surface area contributed by atoms with E-state index in [-0.39, 0.29) is 17.9 Å². The summed E-state index contributed by atoms with van der Waals surface area (Å²) in [5.41, 5.74) is 0. The van der Waals surface area contributed by atoms with Crippen molar-refractivity contribution < 1.29 is 14.3 Å². The average molecular weight is 228 g/mol. The number of nitrogens with one attached hydrogen (secondary N) is 1. The van der Waals surface area contributed by atoms with E-state index in [4.69, 9.17) is 4.74 Å². The molecule has 0 spiro atoms. The van der Waals surface area contributed by atoms with E-state index in [2.05, 4.69) is 5.32 Å². The van der Waals surface area contributed by atoms with Gasteiger partial charge < -0.3 is 15.0 Å². The first-order chi connectivity index (χ1) is 7.57. The van der Waals surface area contributed by atoms with Gasteiger partial charge >= 0.3 is 0 Å². The fraction of sp³-hybridized carbons (Fsp3) is 0.818. The van der Waals surface area contributed by atoms with E-state index < -0.39 is 6.04 Å². The van der Waals surface area contributed by atoms with E-state index >= 15 is 0 Å². The number of piperazine rings is 1. The second-order valence-electron chi connectivity index (χ2n) is 4.14. The zero-order valence-corrected chi connectivity index (χ0v) is 10.2. The number of ether oxygens (including phenoxy) is 1. The quantitative estimate of drug-likeness (QED) is 0.681. The van der Waals surface area contributed by atoms with E-state index in [1.807, 2.05) is 0 Å². The topological polar surface area (TPSA) is 58.6 Å². The minimum atomic E-state index is -0.397. The molecule has 0 bridgehead atoms. The molecule has 0 aromatic heterocycles. The lowest BCUT2D eigenvalue weighted by Gasteiger charge is -2.36. The van der Waals surface area contributed by atoms with Crippen LogP contribution in [0.25, 0.3) is 0 Å². The summed E-state index contributed by atoms with van der Waals surface area (Å²) in [4.78, 5) is 25.0. The summed E-state index contributed by atoms with van der Waals surface area (Å²) in [5.74, 6) is -0.0663. The van der Waals surface area contributed by atoms with Gasteiger partial charge in [0.15, 0.2) is 0 Å². The van der Waals surface area contributed by atoms with Crippen LogP contribution in [0.5, 0.6) is 0 Å². The van der Waals surface area contributed by atoms with E-state index in [0.717, 1.165) is 12.8 Å². The summed E-state index contributed by atoms with van der Waals surface area (Å²) in [7, 11) is 1.66. The summed E-state index contributed by atoms with van der Waals surface area (Å²) in [6, 6.07) is -0.752. The molecule has 0 saturated carbocycles. The Labute approximate surface area is 96.1 Å². The van der Waals surface area contributed by atoms with Gasteiger partial charge in [0.05, 0.1) is 0 Å². The van der Waals surface area contributed by atoms with Gasteiger partial charge in [-0.15, -0.1) is 0 Å². The van der Waals surface area contributed by atoms with Crippen molar-refractivity contribution in [2.75, 3.05) is 20.3 Å². The van der Waals surface area contributed by atoms with Crippen LogP contribution in [-0.4, -0.2) is 49.1 Å². The Morgan fingerprint density at radius 2 is 2.00 bits per heavy atom. The molecule has 2 unspecified atom stereocenters. The number of carbonyl (C=O) groups excluding carboxylic acids is 2. The highest BCUT2D eigenvalue weighted by atomic mass is 16.5. The van der Waals surface area contributed by atoms with Gasteiger partial charge in [-0.2, -0.15) is 0 Å². The summed E-state index contributed by atoms with van der Waals surface area (Å²) < 4.78 is 4.94. The van der Waals surface area contributed by atoms with Gasteiger partial charge in [-0.25, -0.2) is 0 Å². The number of carbonyl (C=O) groups is 2. The SMILES string of the molecule is COCCCCN1C(=O)C(C)NC(=O)C1C. The zero-order valence-electron chi connectivity index (χ0n) is 10.2. The third-order valence-corrected chi connectivity index (χ3v) is 2.86. The fourth-order valence-corrected chi connectivity index (χ4v) is 1.81. The van der Waals surface area contributed by atoms with Crippen LogP contribution in [0, 0.1) is 0 Å². The van der Waals surface area contributed by atoms with Crippen LogP contribution in [0.2, 0.25) is 0 Å². The second-order valence-corrected chi connectivity index (χ2v) is 4.14.